The lowest BCUT2D eigenvalue weighted by molar-refractivity contribution is -0.00191. The van der Waals surface area contributed by atoms with Crippen molar-refractivity contribution in [3.05, 3.63) is 30.3 Å². The summed E-state index contributed by atoms with van der Waals surface area (Å²) >= 11 is 0. The third kappa shape index (κ3) is 5.73. The van der Waals surface area contributed by atoms with Gasteiger partial charge in [0.05, 0.1) is 25.4 Å². The van der Waals surface area contributed by atoms with Crippen LogP contribution in [0.2, 0.25) is 0 Å². The fraction of sp³-hybridized carbons (Fsp3) is 0.538. The molecule has 0 bridgehead atoms. The molecule has 0 radical (unpaired) electrons. The lowest BCUT2D eigenvalue weighted by atomic mass is 10.3. The van der Waals surface area contributed by atoms with Crippen LogP contribution >= 0.6 is 0 Å². The van der Waals surface area contributed by atoms with E-state index in [2.05, 4.69) is 0 Å². The molecule has 0 aliphatic rings. The van der Waals surface area contributed by atoms with Crippen molar-refractivity contribution in [2.24, 2.45) is 0 Å². The van der Waals surface area contributed by atoms with Gasteiger partial charge in [0, 0.05) is 6.42 Å². The SMILES string of the molecule is CC(C)OCC(O)CCOc1ccccc1. The summed E-state index contributed by atoms with van der Waals surface area (Å²) in [6, 6.07) is 9.59. The van der Waals surface area contributed by atoms with Crippen LogP contribution in [0.5, 0.6) is 5.75 Å². The van der Waals surface area contributed by atoms with Crippen molar-refractivity contribution in [1.29, 1.82) is 0 Å². The van der Waals surface area contributed by atoms with Crippen LogP contribution in [0.3, 0.4) is 0 Å². The molecule has 0 aromatic heterocycles. The molecule has 0 spiro atoms. The maximum absolute atomic E-state index is 9.57. The van der Waals surface area contributed by atoms with Crippen LogP contribution in [0, 0.1) is 0 Å². The summed E-state index contributed by atoms with van der Waals surface area (Å²) in [4.78, 5) is 0. The van der Waals surface area contributed by atoms with E-state index in [-0.39, 0.29) is 6.10 Å². The highest BCUT2D eigenvalue weighted by Gasteiger charge is 2.05. The van der Waals surface area contributed by atoms with E-state index in [9.17, 15) is 5.11 Å². The second kappa shape index (κ2) is 7.25. The lowest BCUT2D eigenvalue weighted by Crippen LogP contribution is -2.20. The fourth-order valence-corrected chi connectivity index (χ4v) is 1.22. The molecule has 3 heteroatoms. The van der Waals surface area contributed by atoms with Crippen LogP contribution in [0.4, 0.5) is 0 Å². The summed E-state index contributed by atoms with van der Waals surface area (Å²) in [5.41, 5.74) is 0. The van der Waals surface area contributed by atoms with E-state index in [0.29, 0.717) is 19.6 Å². The highest BCUT2D eigenvalue weighted by molar-refractivity contribution is 5.20. The molecule has 1 atom stereocenters. The Morgan fingerprint density at radius 1 is 1.19 bits per heavy atom. The van der Waals surface area contributed by atoms with Crippen molar-refractivity contribution in [2.75, 3.05) is 13.2 Å². The Labute approximate surface area is 97.0 Å². The normalized spacial score (nSPS) is 12.8. The summed E-state index contributed by atoms with van der Waals surface area (Å²) in [5.74, 6) is 0.833. The van der Waals surface area contributed by atoms with E-state index >= 15 is 0 Å². The predicted molar refractivity (Wildman–Crippen MR) is 63.6 cm³/mol. The molecule has 1 aromatic rings. The van der Waals surface area contributed by atoms with Crippen LogP contribution in [0.25, 0.3) is 0 Å². The number of hydrogen-bond acceptors (Lipinski definition) is 3. The van der Waals surface area contributed by atoms with Crippen molar-refractivity contribution < 1.29 is 14.6 Å². The topological polar surface area (TPSA) is 38.7 Å². The fourth-order valence-electron chi connectivity index (χ4n) is 1.22. The summed E-state index contributed by atoms with van der Waals surface area (Å²) < 4.78 is 10.8. The van der Waals surface area contributed by atoms with Crippen molar-refractivity contribution in [2.45, 2.75) is 32.5 Å². The minimum atomic E-state index is -0.453. The van der Waals surface area contributed by atoms with E-state index in [1.54, 1.807) is 0 Å². The molecule has 3 nitrogen and oxygen atoms in total. The van der Waals surface area contributed by atoms with Crippen LogP contribution in [0.1, 0.15) is 20.3 Å². The van der Waals surface area contributed by atoms with Gasteiger partial charge in [-0.15, -0.1) is 0 Å². The van der Waals surface area contributed by atoms with Gasteiger partial charge in [0.1, 0.15) is 5.75 Å². The van der Waals surface area contributed by atoms with Gasteiger partial charge in [-0.1, -0.05) is 18.2 Å². The third-order valence-corrected chi connectivity index (χ3v) is 2.08. The number of rotatable bonds is 7. The summed E-state index contributed by atoms with van der Waals surface area (Å²) in [7, 11) is 0. The number of aliphatic hydroxyl groups is 1. The number of aliphatic hydroxyl groups excluding tert-OH is 1. The number of hydrogen-bond donors (Lipinski definition) is 1. The first-order chi connectivity index (χ1) is 7.68. The van der Waals surface area contributed by atoms with Gasteiger partial charge in [-0.05, 0) is 26.0 Å². The van der Waals surface area contributed by atoms with Crippen molar-refractivity contribution >= 4 is 0 Å². The van der Waals surface area contributed by atoms with Gasteiger partial charge in [-0.2, -0.15) is 0 Å². The average Bonchev–Trinajstić information content (AvgIpc) is 2.28. The number of para-hydroxylation sites is 1. The molecule has 1 rings (SSSR count). The van der Waals surface area contributed by atoms with Crippen LogP contribution in [-0.4, -0.2) is 30.5 Å². The minimum Gasteiger partial charge on any atom is -0.493 e. The van der Waals surface area contributed by atoms with Gasteiger partial charge in [-0.3, -0.25) is 0 Å². The Kier molecular flexibility index (Phi) is 5.90. The summed E-state index contributed by atoms with van der Waals surface area (Å²) in [6.07, 6.45) is 0.289. The Morgan fingerprint density at radius 3 is 2.50 bits per heavy atom. The standard InChI is InChI=1S/C13H20O3/c1-11(2)16-10-12(14)8-9-15-13-6-4-3-5-7-13/h3-7,11-12,14H,8-10H2,1-2H3. The molecule has 90 valence electrons. The van der Waals surface area contributed by atoms with E-state index in [1.165, 1.54) is 0 Å². The molecule has 1 N–H and O–H groups in total. The Bertz CT molecular complexity index is 272. The van der Waals surface area contributed by atoms with Crippen molar-refractivity contribution in [1.82, 2.24) is 0 Å². The third-order valence-electron chi connectivity index (χ3n) is 2.08. The molecular formula is C13H20O3. The van der Waals surface area contributed by atoms with Crippen LogP contribution < -0.4 is 4.74 Å². The first kappa shape index (κ1) is 13.0. The molecule has 16 heavy (non-hydrogen) atoms. The first-order valence-corrected chi connectivity index (χ1v) is 5.66. The summed E-state index contributed by atoms with van der Waals surface area (Å²) in [6.45, 7) is 4.78. The van der Waals surface area contributed by atoms with Gasteiger partial charge in [0.15, 0.2) is 0 Å². The largest absolute Gasteiger partial charge is 0.493 e. The molecule has 0 amide bonds. The quantitative estimate of drug-likeness (QED) is 0.772. The summed E-state index contributed by atoms with van der Waals surface area (Å²) in [5, 5.41) is 9.57. The second-order valence-corrected chi connectivity index (χ2v) is 3.99. The lowest BCUT2D eigenvalue weighted by Gasteiger charge is -2.13. The first-order valence-electron chi connectivity index (χ1n) is 5.66. The Morgan fingerprint density at radius 2 is 1.88 bits per heavy atom. The van der Waals surface area contributed by atoms with Crippen molar-refractivity contribution in [3.63, 3.8) is 0 Å². The van der Waals surface area contributed by atoms with E-state index in [0.717, 1.165) is 5.75 Å². The smallest absolute Gasteiger partial charge is 0.119 e. The molecule has 0 fully saturated rings. The molecule has 0 aliphatic heterocycles. The number of ether oxygens (including phenoxy) is 2. The Hall–Kier alpha value is -1.06. The van der Waals surface area contributed by atoms with Gasteiger partial charge in [0.2, 0.25) is 0 Å². The van der Waals surface area contributed by atoms with E-state index in [1.807, 2.05) is 44.2 Å². The highest BCUT2D eigenvalue weighted by atomic mass is 16.5. The van der Waals surface area contributed by atoms with E-state index < -0.39 is 6.10 Å². The maximum atomic E-state index is 9.57. The number of benzene rings is 1. The van der Waals surface area contributed by atoms with Crippen LogP contribution in [0.15, 0.2) is 30.3 Å². The molecule has 0 saturated carbocycles. The molecule has 0 saturated heterocycles. The van der Waals surface area contributed by atoms with Gasteiger partial charge < -0.3 is 14.6 Å². The molecular weight excluding hydrogens is 204 g/mol. The second-order valence-electron chi connectivity index (χ2n) is 3.99. The Balaban J connectivity index is 2.11. The molecule has 0 aliphatic carbocycles. The monoisotopic (exact) mass is 224 g/mol. The predicted octanol–water partition coefficient (Wildman–Crippen LogP) is 2.24. The molecule has 1 unspecified atom stereocenters. The van der Waals surface area contributed by atoms with E-state index in [4.69, 9.17) is 9.47 Å². The minimum absolute atomic E-state index is 0.157. The van der Waals surface area contributed by atoms with Gasteiger partial charge in [0.25, 0.3) is 0 Å². The highest BCUT2D eigenvalue weighted by Crippen LogP contribution is 2.09. The van der Waals surface area contributed by atoms with Gasteiger partial charge in [-0.25, -0.2) is 0 Å². The zero-order valence-corrected chi connectivity index (χ0v) is 9.93. The molecule has 1 aromatic carbocycles. The van der Waals surface area contributed by atoms with Crippen molar-refractivity contribution in [3.8, 4) is 5.75 Å². The zero-order chi connectivity index (χ0) is 11.8. The average molecular weight is 224 g/mol. The van der Waals surface area contributed by atoms with Gasteiger partial charge >= 0.3 is 0 Å². The maximum Gasteiger partial charge on any atom is 0.119 e. The zero-order valence-electron chi connectivity index (χ0n) is 9.93. The van der Waals surface area contributed by atoms with Crippen LogP contribution in [-0.2, 0) is 4.74 Å². The molecule has 0 heterocycles.